The largest absolute Gasteiger partial charge is 0.349 e. The van der Waals surface area contributed by atoms with Crippen LogP contribution in [0.1, 0.15) is 17.4 Å². The molecule has 3 N–H and O–H groups in total. The number of hydrogen-bond acceptors (Lipinski definition) is 2. The Morgan fingerprint density at radius 1 is 1.50 bits per heavy atom. The first-order valence-corrected chi connectivity index (χ1v) is 6.31. The summed E-state index contributed by atoms with van der Waals surface area (Å²) in [5.74, 6) is 0.892. The molecule has 1 unspecified atom stereocenters. The van der Waals surface area contributed by atoms with Crippen LogP contribution < -0.4 is 5.73 Å². The number of H-pyrrole nitrogens is 1. The molecule has 0 saturated carbocycles. The van der Waals surface area contributed by atoms with Crippen molar-refractivity contribution in [2.24, 2.45) is 5.73 Å². The Morgan fingerprint density at radius 2 is 2.31 bits per heavy atom. The Bertz CT molecular complexity index is 470. The van der Waals surface area contributed by atoms with Crippen LogP contribution in [0.4, 0.5) is 0 Å². The first-order valence-electron chi connectivity index (χ1n) is 4.85. The number of aromatic nitrogens is 2. The van der Waals surface area contributed by atoms with E-state index in [2.05, 4.69) is 32.6 Å². The van der Waals surface area contributed by atoms with E-state index in [1.54, 1.807) is 12.4 Å². The lowest BCUT2D eigenvalue weighted by molar-refractivity contribution is 0.691. The van der Waals surface area contributed by atoms with Gasteiger partial charge < -0.3 is 10.7 Å². The van der Waals surface area contributed by atoms with Crippen LogP contribution in [-0.4, -0.2) is 9.97 Å². The van der Waals surface area contributed by atoms with E-state index in [0.29, 0.717) is 11.4 Å². The molecule has 0 aliphatic heterocycles. The lowest BCUT2D eigenvalue weighted by atomic mass is 10.0. The van der Waals surface area contributed by atoms with E-state index in [1.165, 1.54) is 0 Å². The topological polar surface area (TPSA) is 54.7 Å². The molecule has 0 bridgehead atoms. The van der Waals surface area contributed by atoms with Gasteiger partial charge in [-0.05, 0) is 46.4 Å². The molecule has 5 heteroatoms. The maximum absolute atomic E-state index is 6.13. The van der Waals surface area contributed by atoms with Crippen molar-refractivity contribution in [2.45, 2.75) is 12.5 Å². The van der Waals surface area contributed by atoms with Gasteiger partial charge in [-0.15, -0.1) is 0 Å². The molecule has 16 heavy (non-hydrogen) atoms. The zero-order valence-corrected chi connectivity index (χ0v) is 11.4. The normalized spacial score (nSPS) is 12.7. The predicted molar refractivity (Wildman–Crippen MR) is 73.4 cm³/mol. The average Bonchev–Trinajstić information content (AvgIpc) is 2.74. The highest BCUT2D eigenvalue weighted by atomic mass is 127. The second-order valence-electron chi connectivity index (χ2n) is 3.51. The van der Waals surface area contributed by atoms with E-state index in [4.69, 9.17) is 17.3 Å². The molecule has 0 aliphatic carbocycles. The van der Waals surface area contributed by atoms with Gasteiger partial charge in [-0.3, -0.25) is 0 Å². The van der Waals surface area contributed by atoms with Gasteiger partial charge in [-0.1, -0.05) is 11.6 Å². The lowest BCUT2D eigenvalue weighted by Gasteiger charge is -2.12. The molecule has 2 aromatic rings. The molecule has 0 radical (unpaired) electrons. The maximum atomic E-state index is 6.13. The van der Waals surface area contributed by atoms with Crippen LogP contribution in [0.3, 0.4) is 0 Å². The van der Waals surface area contributed by atoms with Gasteiger partial charge in [0.25, 0.3) is 0 Å². The summed E-state index contributed by atoms with van der Waals surface area (Å²) in [6.45, 7) is 0. The first kappa shape index (κ1) is 11.9. The smallest absolute Gasteiger partial charge is 0.107 e. The van der Waals surface area contributed by atoms with E-state index < -0.39 is 0 Å². The molecule has 1 aromatic heterocycles. The molecule has 1 aromatic carbocycles. The average molecular weight is 348 g/mol. The minimum absolute atomic E-state index is 0.0863. The fraction of sp³-hybridized carbons (Fsp3) is 0.182. The van der Waals surface area contributed by atoms with Gasteiger partial charge in [-0.25, -0.2) is 4.98 Å². The summed E-state index contributed by atoms with van der Waals surface area (Å²) in [6, 6.07) is 5.67. The molecular weight excluding hydrogens is 336 g/mol. The second-order valence-corrected chi connectivity index (χ2v) is 5.11. The number of rotatable bonds is 3. The molecule has 1 heterocycles. The van der Waals surface area contributed by atoms with Crippen molar-refractivity contribution in [2.75, 3.05) is 0 Å². The van der Waals surface area contributed by atoms with Crippen LogP contribution in [0.5, 0.6) is 0 Å². The number of nitrogens with one attached hydrogen (secondary N) is 1. The Morgan fingerprint density at radius 3 is 3.00 bits per heavy atom. The van der Waals surface area contributed by atoms with E-state index in [0.717, 1.165) is 15.0 Å². The van der Waals surface area contributed by atoms with Crippen LogP contribution in [0.25, 0.3) is 0 Å². The number of nitrogens with two attached hydrogens (primary N) is 1. The first-order chi connectivity index (χ1) is 7.66. The standard InChI is InChI=1S/C11H11ClIN3/c12-7-1-2-9(13)8(5-7)10(14)6-11-15-3-4-16-11/h1-5,10H,6,14H2,(H,15,16). The minimum Gasteiger partial charge on any atom is -0.349 e. The van der Waals surface area contributed by atoms with E-state index in [9.17, 15) is 0 Å². The summed E-state index contributed by atoms with van der Waals surface area (Å²) in [5, 5.41) is 0.713. The number of halogens is 2. The molecule has 0 fully saturated rings. The summed E-state index contributed by atoms with van der Waals surface area (Å²) >= 11 is 8.22. The summed E-state index contributed by atoms with van der Waals surface area (Å²) < 4.78 is 1.13. The zero-order valence-electron chi connectivity index (χ0n) is 8.45. The highest BCUT2D eigenvalue weighted by Crippen LogP contribution is 2.24. The van der Waals surface area contributed by atoms with Crippen molar-refractivity contribution in [3.63, 3.8) is 0 Å². The predicted octanol–water partition coefficient (Wildman–Crippen LogP) is 2.91. The van der Waals surface area contributed by atoms with Gasteiger partial charge in [-0.2, -0.15) is 0 Å². The van der Waals surface area contributed by atoms with Crippen LogP contribution in [0.15, 0.2) is 30.6 Å². The highest BCUT2D eigenvalue weighted by molar-refractivity contribution is 14.1. The number of aromatic amines is 1. The van der Waals surface area contributed by atoms with Crippen LogP contribution >= 0.6 is 34.2 Å². The van der Waals surface area contributed by atoms with Crippen molar-refractivity contribution < 1.29 is 0 Å². The van der Waals surface area contributed by atoms with Crippen LogP contribution in [-0.2, 0) is 6.42 Å². The number of hydrogen-bond donors (Lipinski definition) is 2. The zero-order chi connectivity index (χ0) is 11.5. The quantitative estimate of drug-likeness (QED) is 0.839. The summed E-state index contributed by atoms with van der Waals surface area (Å²) in [5.41, 5.74) is 7.19. The van der Waals surface area contributed by atoms with Gasteiger partial charge in [0.15, 0.2) is 0 Å². The maximum Gasteiger partial charge on any atom is 0.107 e. The van der Waals surface area contributed by atoms with Crippen molar-refractivity contribution in [1.29, 1.82) is 0 Å². The fourth-order valence-electron chi connectivity index (χ4n) is 1.53. The SMILES string of the molecule is NC(Cc1ncc[nH]1)c1cc(Cl)ccc1I. The summed E-state index contributed by atoms with van der Waals surface area (Å²) in [7, 11) is 0. The Balaban J connectivity index is 2.20. The molecule has 0 saturated heterocycles. The third-order valence-corrected chi connectivity index (χ3v) is 3.54. The summed E-state index contributed by atoms with van der Waals surface area (Å²) in [6.07, 6.45) is 4.21. The van der Waals surface area contributed by atoms with Gasteiger partial charge in [0.1, 0.15) is 5.82 Å². The molecule has 2 rings (SSSR count). The number of nitrogens with zero attached hydrogens (tertiary/aromatic N) is 1. The van der Waals surface area contributed by atoms with Crippen molar-refractivity contribution in [3.8, 4) is 0 Å². The van der Waals surface area contributed by atoms with Gasteiger partial charge in [0.05, 0.1) is 0 Å². The monoisotopic (exact) mass is 347 g/mol. The summed E-state index contributed by atoms with van der Waals surface area (Å²) in [4.78, 5) is 7.21. The number of benzene rings is 1. The molecule has 84 valence electrons. The van der Waals surface area contributed by atoms with Crippen molar-refractivity contribution in [3.05, 3.63) is 50.6 Å². The van der Waals surface area contributed by atoms with Crippen molar-refractivity contribution >= 4 is 34.2 Å². The molecule has 0 aliphatic rings. The van der Waals surface area contributed by atoms with Crippen molar-refractivity contribution in [1.82, 2.24) is 9.97 Å². The fourth-order valence-corrected chi connectivity index (χ4v) is 2.44. The third-order valence-electron chi connectivity index (χ3n) is 2.33. The van der Waals surface area contributed by atoms with Gasteiger partial charge in [0.2, 0.25) is 0 Å². The molecular formula is C11H11ClIN3. The van der Waals surface area contributed by atoms with E-state index >= 15 is 0 Å². The van der Waals surface area contributed by atoms with Gasteiger partial charge >= 0.3 is 0 Å². The van der Waals surface area contributed by atoms with E-state index in [1.807, 2.05) is 18.2 Å². The second kappa shape index (κ2) is 5.16. The lowest BCUT2D eigenvalue weighted by Crippen LogP contribution is -2.15. The number of imidazole rings is 1. The van der Waals surface area contributed by atoms with E-state index in [-0.39, 0.29) is 6.04 Å². The van der Waals surface area contributed by atoms with Crippen LogP contribution in [0.2, 0.25) is 5.02 Å². The molecule has 0 spiro atoms. The molecule has 1 atom stereocenters. The Kier molecular flexibility index (Phi) is 3.83. The highest BCUT2D eigenvalue weighted by Gasteiger charge is 2.12. The minimum atomic E-state index is -0.0863. The van der Waals surface area contributed by atoms with Crippen LogP contribution in [0, 0.1) is 3.57 Å². The Labute approximate surface area is 113 Å². The third kappa shape index (κ3) is 2.75. The van der Waals surface area contributed by atoms with Gasteiger partial charge in [0, 0.05) is 33.4 Å². The molecule has 3 nitrogen and oxygen atoms in total. The molecule has 0 amide bonds. The Hall–Kier alpha value is -0.590.